The summed E-state index contributed by atoms with van der Waals surface area (Å²) in [5.74, 6) is 0.684. The highest BCUT2D eigenvalue weighted by Crippen LogP contribution is 2.23. The number of rotatable bonds is 6. The molecule has 154 valence electrons. The molecule has 0 heterocycles. The molecule has 0 aliphatic rings. The van der Waals surface area contributed by atoms with E-state index < -0.39 is 0 Å². The number of carbonyl (C=O) groups excluding carboxylic acids is 1. The van der Waals surface area contributed by atoms with Crippen molar-refractivity contribution in [2.24, 2.45) is 0 Å². The molecular formula is C27H22ClNO2. The van der Waals surface area contributed by atoms with Crippen LogP contribution in [0.1, 0.15) is 15.9 Å². The molecule has 0 atom stereocenters. The second-order valence-corrected chi connectivity index (χ2v) is 7.66. The van der Waals surface area contributed by atoms with Crippen molar-refractivity contribution in [1.82, 2.24) is 0 Å². The lowest BCUT2D eigenvalue weighted by Gasteiger charge is -2.18. The minimum atomic E-state index is -0.101. The summed E-state index contributed by atoms with van der Waals surface area (Å²) in [6.07, 6.45) is 0. The Balaban J connectivity index is 1.42. The number of nitrogens with zero attached hydrogens (tertiary/aromatic N) is 1. The Morgan fingerprint density at radius 1 is 0.806 bits per heavy atom. The number of hydrogen-bond acceptors (Lipinski definition) is 2. The zero-order chi connectivity index (χ0) is 21.6. The Morgan fingerprint density at radius 2 is 1.52 bits per heavy atom. The van der Waals surface area contributed by atoms with E-state index in [1.54, 1.807) is 24.1 Å². The van der Waals surface area contributed by atoms with Crippen molar-refractivity contribution >= 4 is 23.2 Å². The highest BCUT2D eigenvalue weighted by Gasteiger charge is 2.14. The number of benzene rings is 4. The van der Waals surface area contributed by atoms with Crippen LogP contribution >= 0.6 is 11.6 Å². The van der Waals surface area contributed by atoms with Gasteiger partial charge in [0, 0.05) is 23.3 Å². The molecule has 0 saturated heterocycles. The van der Waals surface area contributed by atoms with Gasteiger partial charge < -0.3 is 9.64 Å². The number of ether oxygens (including phenoxy) is 1. The molecule has 1 amide bonds. The first-order valence-corrected chi connectivity index (χ1v) is 10.4. The predicted molar refractivity (Wildman–Crippen MR) is 127 cm³/mol. The van der Waals surface area contributed by atoms with Crippen molar-refractivity contribution in [3.63, 3.8) is 0 Å². The van der Waals surface area contributed by atoms with Crippen molar-refractivity contribution in [2.45, 2.75) is 6.61 Å². The first-order valence-electron chi connectivity index (χ1n) is 10.0. The highest BCUT2D eigenvalue weighted by atomic mass is 35.5. The summed E-state index contributed by atoms with van der Waals surface area (Å²) in [7, 11) is 1.74. The normalized spacial score (nSPS) is 10.5. The Labute approximate surface area is 187 Å². The fourth-order valence-corrected chi connectivity index (χ4v) is 3.52. The molecule has 0 aliphatic heterocycles. The SMILES string of the molecule is CN(C(=O)c1cccc(COc2ccc(-c3ccccc3)cc2)c1)c1cccc(Cl)c1. The number of halogens is 1. The van der Waals surface area contributed by atoms with Gasteiger partial charge >= 0.3 is 0 Å². The van der Waals surface area contributed by atoms with Crippen molar-refractivity contribution in [3.05, 3.63) is 119 Å². The summed E-state index contributed by atoms with van der Waals surface area (Å²) in [5, 5.41) is 0.595. The zero-order valence-corrected chi connectivity index (χ0v) is 17.9. The van der Waals surface area contributed by atoms with Crippen LogP contribution in [0.25, 0.3) is 11.1 Å². The van der Waals surface area contributed by atoms with Crippen molar-refractivity contribution in [3.8, 4) is 16.9 Å². The summed E-state index contributed by atoms with van der Waals surface area (Å²) < 4.78 is 5.94. The number of amides is 1. The average Bonchev–Trinajstić information content (AvgIpc) is 2.83. The monoisotopic (exact) mass is 427 g/mol. The van der Waals surface area contributed by atoms with Crippen LogP contribution in [0.5, 0.6) is 5.75 Å². The van der Waals surface area contributed by atoms with E-state index in [9.17, 15) is 4.79 Å². The fraction of sp³-hybridized carbons (Fsp3) is 0.0741. The second kappa shape index (κ2) is 9.50. The van der Waals surface area contributed by atoms with E-state index in [0.717, 1.165) is 22.6 Å². The van der Waals surface area contributed by atoms with Gasteiger partial charge in [-0.3, -0.25) is 4.79 Å². The van der Waals surface area contributed by atoms with Crippen LogP contribution in [0.2, 0.25) is 5.02 Å². The van der Waals surface area contributed by atoms with Crippen molar-refractivity contribution in [2.75, 3.05) is 11.9 Å². The van der Waals surface area contributed by atoms with Gasteiger partial charge in [0.15, 0.2) is 0 Å². The molecule has 0 radical (unpaired) electrons. The van der Waals surface area contributed by atoms with Gasteiger partial charge in [-0.1, -0.05) is 72.3 Å². The molecule has 0 unspecified atom stereocenters. The molecule has 4 aromatic rings. The van der Waals surface area contributed by atoms with Crippen LogP contribution in [0.4, 0.5) is 5.69 Å². The van der Waals surface area contributed by atoms with Crippen LogP contribution in [-0.2, 0) is 6.61 Å². The molecule has 3 nitrogen and oxygen atoms in total. The van der Waals surface area contributed by atoms with Crippen LogP contribution in [0.3, 0.4) is 0 Å². The summed E-state index contributed by atoms with van der Waals surface area (Å²) >= 11 is 6.05. The molecule has 4 aromatic carbocycles. The van der Waals surface area contributed by atoms with Crippen LogP contribution < -0.4 is 9.64 Å². The molecule has 0 fully saturated rings. The van der Waals surface area contributed by atoms with E-state index in [1.165, 1.54) is 5.56 Å². The predicted octanol–water partition coefficient (Wildman–Crippen LogP) is 6.86. The van der Waals surface area contributed by atoms with Gasteiger partial charge in [0.1, 0.15) is 12.4 Å². The molecule has 4 heteroatoms. The van der Waals surface area contributed by atoms with Crippen molar-refractivity contribution in [1.29, 1.82) is 0 Å². The Morgan fingerprint density at radius 3 is 2.26 bits per heavy atom. The lowest BCUT2D eigenvalue weighted by atomic mass is 10.1. The van der Waals surface area contributed by atoms with E-state index in [-0.39, 0.29) is 5.91 Å². The van der Waals surface area contributed by atoms with E-state index in [0.29, 0.717) is 17.2 Å². The van der Waals surface area contributed by atoms with E-state index in [2.05, 4.69) is 12.1 Å². The maximum absolute atomic E-state index is 12.9. The molecule has 0 spiro atoms. The van der Waals surface area contributed by atoms with Gasteiger partial charge in [0.05, 0.1) is 0 Å². The Hall–Kier alpha value is -3.56. The van der Waals surface area contributed by atoms with Crippen LogP contribution in [0, 0.1) is 0 Å². The quantitative estimate of drug-likeness (QED) is 0.336. The first-order chi connectivity index (χ1) is 15.1. The number of hydrogen-bond donors (Lipinski definition) is 0. The third kappa shape index (κ3) is 5.14. The minimum absolute atomic E-state index is 0.101. The van der Waals surface area contributed by atoms with Gasteiger partial charge in [-0.15, -0.1) is 0 Å². The molecule has 31 heavy (non-hydrogen) atoms. The number of anilines is 1. The van der Waals surface area contributed by atoms with Crippen molar-refractivity contribution < 1.29 is 9.53 Å². The first kappa shape index (κ1) is 20.7. The Bertz CT molecular complexity index is 1170. The molecule has 0 N–H and O–H groups in total. The molecule has 0 saturated carbocycles. The molecule has 4 rings (SSSR count). The summed E-state index contributed by atoms with van der Waals surface area (Å²) in [6, 6.07) is 33.0. The summed E-state index contributed by atoms with van der Waals surface area (Å²) in [6.45, 7) is 0.382. The lowest BCUT2D eigenvalue weighted by molar-refractivity contribution is 0.0993. The zero-order valence-electron chi connectivity index (χ0n) is 17.2. The van der Waals surface area contributed by atoms with Crippen LogP contribution in [0.15, 0.2) is 103 Å². The smallest absolute Gasteiger partial charge is 0.258 e. The Kier molecular flexibility index (Phi) is 6.34. The van der Waals surface area contributed by atoms with Gasteiger partial charge in [0.25, 0.3) is 5.91 Å². The highest BCUT2D eigenvalue weighted by molar-refractivity contribution is 6.31. The maximum Gasteiger partial charge on any atom is 0.258 e. The summed E-state index contributed by atoms with van der Waals surface area (Å²) in [4.78, 5) is 14.5. The second-order valence-electron chi connectivity index (χ2n) is 7.22. The van der Waals surface area contributed by atoms with E-state index in [4.69, 9.17) is 16.3 Å². The average molecular weight is 428 g/mol. The standard InChI is InChI=1S/C27H22ClNO2/c1-29(25-12-6-11-24(28)18-25)27(30)23-10-5-7-20(17-23)19-31-26-15-13-22(14-16-26)21-8-3-2-4-9-21/h2-18H,19H2,1H3. The molecular weight excluding hydrogens is 406 g/mol. The third-order valence-electron chi connectivity index (χ3n) is 5.04. The van der Waals surface area contributed by atoms with E-state index in [1.807, 2.05) is 78.9 Å². The van der Waals surface area contributed by atoms with Crippen LogP contribution in [-0.4, -0.2) is 13.0 Å². The summed E-state index contributed by atoms with van der Waals surface area (Å²) in [5.41, 5.74) is 4.59. The lowest BCUT2D eigenvalue weighted by Crippen LogP contribution is -2.26. The van der Waals surface area contributed by atoms with E-state index >= 15 is 0 Å². The largest absolute Gasteiger partial charge is 0.489 e. The topological polar surface area (TPSA) is 29.5 Å². The minimum Gasteiger partial charge on any atom is -0.489 e. The van der Waals surface area contributed by atoms with Gasteiger partial charge in [0.2, 0.25) is 0 Å². The fourth-order valence-electron chi connectivity index (χ4n) is 3.33. The van der Waals surface area contributed by atoms with Gasteiger partial charge in [-0.25, -0.2) is 0 Å². The molecule has 0 aromatic heterocycles. The number of carbonyl (C=O) groups is 1. The third-order valence-corrected chi connectivity index (χ3v) is 5.28. The maximum atomic E-state index is 12.9. The molecule has 0 aliphatic carbocycles. The molecule has 0 bridgehead atoms. The van der Waals surface area contributed by atoms with Gasteiger partial charge in [-0.05, 0) is 59.2 Å². The van der Waals surface area contributed by atoms with Gasteiger partial charge in [-0.2, -0.15) is 0 Å².